The van der Waals surface area contributed by atoms with Gasteiger partial charge in [-0.2, -0.15) is 0 Å². The summed E-state index contributed by atoms with van der Waals surface area (Å²) in [5, 5.41) is 21.6. The summed E-state index contributed by atoms with van der Waals surface area (Å²) in [6.07, 6.45) is 0.123. The molecule has 5 nitrogen and oxygen atoms in total. The molecule has 21 heavy (non-hydrogen) atoms. The van der Waals surface area contributed by atoms with Gasteiger partial charge >= 0.3 is 6.09 Å². The standard InChI is InChI=1S/C15H31NO4Si/c1-8-11(2)13(17)12(16-14(18)19)9-10-20-21(6,7)15(3,4)5/h8,11-13,16-17H,1,9-10H2,2-7H3,(H,18,19)/t11-,12-,13-/m1/s1. The van der Waals surface area contributed by atoms with E-state index in [2.05, 4.69) is 45.8 Å². The van der Waals surface area contributed by atoms with Gasteiger partial charge in [-0.25, -0.2) is 4.79 Å². The molecule has 0 radical (unpaired) electrons. The highest BCUT2D eigenvalue weighted by Gasteiger charge is 2.37. The van der Waals surface area contributed by atoms with Crippen molar-refractivity contribution in [1.82, 2.24) is 5.32 Å². The van der Waals surface area contributed by atoms with Crippen LogP contribution in [0.4, 0.5) is 4.79 Å². The first-order valence-electron chi connectivity index (χ1n) is 7.36. The second-order valence-electron chi connectivity index (χ2n) is 7.04. The van der Waals surface area contributed by atoms with E-state index >= 15 is 0 Å². The van der Waals surface area contributed by atoms with Crippen molar-refractivity contribution in [2.24, 2.45) is 5.92 Å². The van der Waals surface area contributed by atoms with E-state index in [1.165, 1.54) is 0 Å². The zero-order chi connectivity index (χ0) is 16.8. The number of amides is 1. The Kier molecular flexibility index (Phi) is 7.64. The highest BCUT2D eigenvalue weighted by Crippen LogP contribution is 2.36. The Morgan fingerprint density at radius 3 is 2.33 bits per heavy atom. The average Bonchev–Trinajstić information content (AvgIpc) is 2.33. The van der Waals surface area contributed by atoms with Gasteiger partial charge in [-0.3, -0.25) is 0 Å². The van der Waals surface area contributed by atoms with Crippen LogP contribution in [0.3, 0.4) is 0 Å². The van der Waals surface area contributed by atoms with Crippen LogP contribution in [0.2, 0.25) is 18.1 Å². The van der Waals surface area contributed by atoms with E-state index in [0.717, 1.165) is 0 Å². The van der Waals surface area contributed by atoms with E-state index in [4.69, 9.17) is 9.53 Å². The maximum Gasteiger partial charge on any atom is 0.404 e. The van der Waals surface area contributed by atoms with E-state index in [1.54, 1.807) is 6.08 Å². The SMILES string of the molecule is C=C[C@@H](C)[C@@H](O)[C@@H](CCO[Si](C)(C)C(C)(C)C)NC(=O)O. The monoisotopic (exact) mass is 317 g/mol. The molecule has 0 aromatic heterocycles. The molecule has 0 aromatic rings. The first-order chi connectivity index (χ1) is 9.42. The van der Waals surface area contributed by atoms with Crippen LogP contribution in [-0.4, -0.2) is 43.4 Å². The number of rotatable bonds is 8. The lowest BCUT2D eigenvalue weighted by Crippen LogP contribution is -2.47. The summed E-state index contributed by atoms with van der Waals surface area (Å²) in [7, 11) is -1.86. The summed E-state index contributed by atoms with van der Waals surface area (Å²) in [5.41, 5.74) is 0. The van der Waals surface area contributed by atoms with Crippen LogP contribution >= 0.6 is 0 Å². The molecular weight excluding hydrogens is 286 g/mol. The zero-order valence-electron chi connectivity index (χ0n) is 14.1. The number of hydrogen-bond donors (Lipinski definition) is 3. The predicted molar refractivity (Wildman–Crippen MR) is 88.1 cm³/mol. The Bertz CT molecular complexity index is 352. The summed E-state index contributed by atoms with van der Waals surface area (Å²) >= 11 is 0. The maximum absolute atomic E-state index is 10.9. The van der Waals surface area contributed by atoms with Crippen molar-refractivity contribution >= 4 is 14.4 Å². The van der Waals surface area contributed by atoms with Crippen LogP contribution in [0.15, 0.2) is 12.7 Å². The molecule has 3 atom stereocenters. The molecule has 0 unspecified atom stereocenters. The summed E-state index contributed by atoms with van der Waals surface area (Å²) in [6.45, 7) is 16.6. The highest BCUT2D eigenvalue weighted by atomic mass is 28.4. The second-order valence-corrected chi connectivity index (χ2v) is 11.8. The summed E-state index contributed by atoms with van der Waals surface area (Å²) < 4.78 is 6.04. The van der Waals surface area contributed by atoms with Crippen LogP contribution < -0.4 is 5.32 Å². The molecule has 1 amide bonds. The first-order valence-corrected chi connectivity index (χ1v) is 10.3. The average molecular weight is 318 g/mol. The lowest BCUT2D eigenvalue weighted by Gasteiger charge is -2.37. The molecular formula is C15H31NO4Si. The number of carbonyl (C=O) groups is 1. The Hall–Kier alpha value is -0.853. The van der Waals surface area contributed by atoms with Crippen molar-refractivity contribution < 1.29 is 19.4 Å². The molecule has 0 saturated carbocycles. The van der Waals surface area contributed by atoms with Crippen LogP contribution in [0, 0.1) is 5.92 Å². The van der Waals surface area contributed by atoms with Gasteiger partial charge in [-0.15, -0.1) is 6.58 Å². The summed E-state index contributed by atoms with van der Waals surface area (Å²) in [6, 6.07) is -0.555. The third kappa shape index (κ3) is 6.63. The van der Waals surface area contributed by atoms with Crippen LogP contribution in [0.25, 0.3) is 0 Å². The molecule has 3 N–H and O–H groups in total. The molecule has 0 rings (SSSR count). The van der Waals surface area contributed by atoms with Gasteiger partial charge < -0.3 is 20.0 Å². The predicted octanol–water partition coefficient (Wildman–Crippen LogP) is 3.22. The number of aliphatic hydroxyl groups excluding tert-OH is 1. The Morgan fingerprint density at radius 1 is 1.43 bits per heavy atom. The molecule has 0 spiro atoms. The topological polar surface area (TPSA) is 78.8 Å². The van der Waals surface area contributed by atoms with Gasteiger partial charge in [-0.1, -0.05) is 33.8 Å². The zero-order valence-corrected chi connectivity index (χ0v) is 15.1. The van der Waals surface area contributed by atoms with Crippen molar-refractivity contribution in [2.45, 2.75) is 64.4 Å². The van der Waals surface area contributed by atoms with Gasteiger partial charge in [0.15, 0.2) is 8.32 Å². The van der Waals surface area contributed by atoms with Gasteiger partial charge in [0.05, 0.1) is 12.1 Å². The van der Waals surface area contributed by atoms with Gasteiger partial charge in [0.25, 0.3) is 0 Å². The molecule has 0 aromatic carbocycles. The van der Waals surface area contributed by atoms with Crippen molar-refractivity contribution in [2.75, 3.05) is 6.61 Å². The second kappa shape index (κ2) is 7.96. The third-order valence-electron chi connectivity index (χ3n) is 4.33. The molecule has 124 valence electrons. The molecule has 0 aliphatic heterocycles. The number of aliphatic hydroxyl groups is 1. The molecule has 0 heterocycles. The van der Waals surface area contributed by atoms with Gasteiger partial charge in [-0.05, 0) is 24.6 Å². The van der Waals surface area contributed by atoms with Crippen LogP contribution in [0.5, 0.6) is 0 Å². The van der Waals surface area contributed by atoms with E-state index in [1.807, 2.05) is 6.92 Å². The van der Waals surface area contributed by atoms with Gasteiger partial charge in [0.1, 0.15) is 0 Å². The number of nitrogens with one attached hydrogen (secondary N) is 1. The van der Waals surface area contributed by atoms with Crippen LogP contribution in [0.1, 0.15) is 34.1 Å². The van der Waals surface area contributed by atoms with Crippen molar-refractivity contribution in [3.63, 3.8) is 0 Å². The van der Waals surface area contributed by atoms with Gasteiger partial charge in [0.2, 0.25) is 0 Å². The number of hydrogen-bond acceptors (Lipinski definition) is 3. The Labute approximate surface area is 129 Å². The largest absolute Gasteiger partial charge is 0.465 e. The summed E-state index contributed by atoms with van der Waals surface area (Å²) in [4.78, 5) is 10.9. The molecule has 6 heteroatoms. The van der Waals surface area contributed by atoms with E-state index < -0.39 is 26.6 Å². The maximum atomic E-state index is 10.9. The Balaban J connectivity index is 4.64. The van der Waals surface area contributed by atoms with Gasteiger partial charge in [0, 0.05) is 12.5 Å². The minimum Gasteiger partial charge on any atom is -0.465 e. The Morgan fingerprint density at radius 2 is 1.95 bits per heavy atom. The molecule has 0 bridgehead atoms. The minimum atomic E-state index is -1.86. The minimum absolute atomic E-state index is 0.107. The third-order valence-corrected chi connectivity index (χ3v) is 8.87. The van der Waals surface area contributed by atoms with Crippen molar-refractivity contribution in [3.8, 4) is 0 Å². The first kappa shape index (κ1) is 20.1. The van der Waals surface area contributed by atoms with E-state index in [9.17, 15) is 9.90 Å². The van der Waals surface area contributed by atoms with E-state index in [-0.39, 0.29) is 11.0 Å². The lowest BCUT2D eigenvalue weighted by molar-refractivity contribution is 0.0797. The lowest BCUT2D eigenvalue weighted by atomic mass is 9.96. The smallest absolute Gasteiger partial charge is 0.404 e. The quantitative estimate of drug-likeness (QED) is 0.474. The summed E-state index contributed by atoms with van der Waals surface area (Å²) in [5.74, 6) is -0.185. The fraction of sp³-hybridized carbons (Fsp3) is 0.800. The molecule has 0 aliphatic rings. The van der Waals surface area contributed by atoms with Crippen LogP contribution in [-0.2, 0) is 4.43 Å². The normalized spacial score (nSPS) is 16.9. The fourth-order valence-corrected chi connectivity index (χ4v) is 2.71. The molecule has 0 aliphatic carbocycles. The van der Waals surface area contributed by atoms with E-state index in [0.29, 0.717) is 13.0 Å². The molecule has 0 fully saturated rings. The molecule has 0 saturated heterocycles. The fourth-order valence-electron chi connectivity index (χ4n) is 1.65. The van der Waals surface area contributed by atoms with Crippen molar-refractivity contribution in [1.29, 1.82) is 0 Å². The van der Waals surface area contributed by atoms with Crippen molar-refractivity contribution in [3.05, 3.63) is 12.7 Å². The highest BCUT2D eigenvalue weighted by molar-refractivity contribution is 6.74. The number of carboxylic acid groups (broad SMARTS) is 1.